The predicted octanol–water partition coefficient (Wildman–Crippen LogP) is 2.19. The van der Waals surface area contributed by atoms with Crippen LogP contribution >= 0.6 is 0 Å². The van der Waals surface area contributed by atoms with Crippen molar-refractivity contribution in [1.82, 2.24) is 0 Å². The Morgan fingerprint density at radius 3 is 2.33 bits per heavy atom. The Kier molecular flexibility index (Phi) is 3.53. The molecule has 2 atom stereocenters. The molecule has 0 radical (unpaired) electrons. The Labute approximate surface area is 91.2 Å². The second kappa shape index (κ2) is 4.33. The molecule has 3 heteroatoms. The maximum atomic E-state index is 11.3. The molecule has 0 heterocycles. The van der Waals surface area contributed by atoms with Gasteiger partial charge in [0.1, 0.15) is 5.78 Å². The van der Waals surface area contributed by atoms with E-state index in [1.165, 1.54) is 6.92 Å². The lowest BCUT2D eigenvalue weighted by molar-refractivity contribution is -0.145. The second-order valence-electron chi connectivity index (χ2n) is 5.05. The van der Waals surface area contributed by atoms with Gasteiger partial charge in [0, 0.05) is 12.8 Å². The monoisotopic (exact) mass is 212 g/mol. The van der Waals surface area contributed by atoms with Crippen molar-refractivity contribution in [2.45, 2.75) is 40.5 Å². The standard InChI is InChI=1S/C12H20O3/c1-8(13)11-7-10(12(11,3)4)5-6-15-9(2)14/h10-11H,5-7H2,1-4H3/t10-,11-/m1/s1. The number of ether oxygens (including phenoxy) is 1. The Morgan fingerprint density at radius 2 is 1.93 bits per heavy atom. The first kappa shape index (κ1) is 12.2. The minimum atomic E-state index is -0.227. The van der Waals surface area contributed by atoms with E-state index in [0.717, 1.165) is 12.8 Å². The molecule has 0 saturated heterocycles. The lowest BCUT2D eigenvalue weighted by atomic mass is 9.53. The summed E-state index contributed by atoms with van der Waals surface area (Å²) in [5.41, 5.74) is 0.0754. The number of Topliss-reactive ketones (excluding diaryl/α,β-unsaturated/α-hetero) is 1. The molecular weight excluding hydrogens is 192 g/mol. The van der Waals surface area contributed by atoms with Gasteiger partial charge in [-0.3, -0.25) is 9.59 Å². The van der Waals surface area contributed by atoms with Gasteiger partial charge in [-0.2, -0.15) is 0 Å². The van der Waals surface area contributed by atoms with Crippen LogP contribution in [0.1, 0.15) is 40.5 Å². The highest BCUT2D eigenvalue weighted by Crippen LogP contribution is 2.53. The lowest BCUT2D eigenvalue weighted by Crippen LogP contribution is -2.48. The van der Waals surface area contributed by atoms with E-state index in [-0.39, 0.29) is 23.1 Å². The third kappa shape index (κ3) is 2.58. The molecule has 0 aromatic heterocycles. The maximum Gasteiger partial charge on any atom is 0.302 e. The highest BCUT2D eigenvalue weighted by atomic mass is 16.5. The molecular formula is C12H20O3. The summed E-state index contributed by atoms with van der Waals surface area (Å²) >= 11 is 0. The van der Waals surface area contributed by atoms with Crippen LogP contribution in [0.25, 0.3) is 0 Å². The smallest absolute Gasteiger partial charge is 0.302 e. The van der Waals surface area contributed by atoms with Gasteiger partial charge in [-0.25, -0.2) is 0 Å². The van der Waals surface area contributed by atoms with Crippen molar-refractivity contribution in [3.05, 3.63) is 0 Å². The SMILES string of the molecule is CC(=O)OCC[C@@H]1C[C@H](C(C)=O)C1(C)C. The molecule has 86 valence electrons. The molecule has 1 rings (SSSR count). The minimum Gasteiger partial charge on any atom is -0.466 e. The minimum absolute atomic E-state index is 0.0754. The van der Waals surface area contributed by atoms with E-state index in [9.17, 15) is 9.59 Å². The summed E-state index contributed by atoms with van der Waals surface area (Å²) in [6.07, 6.45) is 1.82. The molecule has 0 N–H and O–H groups in total. The van der Waals surface area contributed by atoms with Crippen molar-refractivity contribution in [2.24, 2.45) is 17.3 Å². The molecule has 3 nitrogen and oxygen atoms in total. The number of hydrogen-bond acceptors (Lipinski definition) is 3. The van der Waals surface area contributed by atoms with Gasteiger partial charge >= 0.3 is 5.97 Å². The first-order valence-corrected chi connectivity index (χ1v) is 5.49. The van der Waals surface area contributed by atoms with Gasteiger partial charge in [-0.1, -0.05) is 13.8 Å². The van der Waals surface area contributed by atoms with Crippen molar-refractivity contribution >= 4 is 11.8 Å². The van der Waals surface area contributed by atoms with Crippen molar-refractivity contribution in [1.29, 1.82) is 0 Å². The third-order valence-corrected chi connectivity index (χ3v) is 3.73. The molecule has 0 amide bonds. The Hall–Kier alpha value is -0.860. The average molecular weight is 212 g/mol. The largest absolute Gasteiger partial charge is 0.466 e. The summed E-state index contributed by atoms with van der Waals surface area (Å²) in [6, 6.07) is 0. The molecule has 0 spiro atoms. The first-order valence-electron chi connectivity index (χ1n) is 5.49. The van der Waals surface area contributed by atoms with Crippen LogP contribution in [0.4, 0.5) is 0 Å². The van der Waals surface area contributed by atoms with Crippen LogP contribution in [0.5, 0.6) is 0 Å². The Bertz CT molecular complexity index is 268. The van der Waals surface area contributed by atoms with Gasteiger partial charge in [0.2, 0.25) is 0 Å². The zero-order valence-electron chi connectivity index (χ0n) is 10.0. The summed E-state index contributed by atoms with van der Waals surface area (Å²) in [5, 5.41) is 0. The van der Waals surface area contributed by atoms with Crippen molar-refractivity contribution in [2.75, 3.05) is 6.61 Å². The Morgan fingerprint density at radius 1 is 1.33 bits per heavy atom. The molecule has 0 aromatic rings. The molecule has 0 unspecified atom stereocenters. The van der Waals surface area contributed by atoms with Crippen LogP contribution in [0.15, 0.2) is 0 Å². The van der Waals surface area contributed by atoms with Crippen LogP contribution in [0.3, 0.4) is 0 Å². The van der Waals surface area contributed by atoms with Crippen molar-refractivity contribution < 1.29 is 14.3 Å². The van der Waals surface area contributed by atoms with Crippen LogP contribution < -0.4 is 0 Å². The number of carbonyl (C=O) groups excluding carboxylic acids is 2. The van der Waals surface area contributed by atoms with E-state index in [4.69, 9.17) is 4.74 Å². The molecule has 1 aliphatic rings. The Balaban J connectivity index is 2.35. The molecule has 15 heavy (non-hydrogen) atoms. The maximum absolute atomic E-state index is 11.3. The first-order chi connectivity index (χ1) is 6.85. The van der Waals surface area contributed by atoms with Gasteiger partial charge in [0.05, 0.1) is 6.61 Å². The normalized spacial score (nSPS) is 28.0. The van der Waals surface area contributed by atoms with Gasteiger partial charge < -0.3 is 4.74 Å². The van der Waals surface area contributed by atoms with Crippen LogP contribution in [-0.2, 0) is 14.3 Å². The van der Waals surface area contributed by atoms with Crippen molar-refractivity contribution in [3.8, 4) is 0 Å². The predicted molar refractivity (Wildman–Crippen MR) is 57.3 cm³/mol. The number of rotatable bonds is 4. The van der Waals surface area contributed by atoms with Gasteiger partial charge in [-0.05, 0) is 31.1 Å². The molecule has 0 aliphatic heterocycles. The fourth-order valence-corrected chi connectivity index (χ4v) is 2.54. The number of ketones is 1. The van der Waals surface area contributed by atoms with E-state index >= 15 is 0 Å². The number of esters is 1. The fraction of sp³-hybridized carbons (Fsp3) is 0.833. The van der Waals surface area contributed by atoms with Gasteiger partial charge in [0.25, 0.3) is 0 Å². The van der Waals surface area contributed by atoms with E-state index in [1.54, 1.807) is 6.92 Å². The van der Waals surface area contributed by atoms with Gasteiger partial charge in [-0.15, -0.1) is 0 Å². The summed E-state index contributed by atoms with van der Waals surface area (Å²) < 4.78 is 4.91. The average Bonchev–Trinajstić information content (AvgIpc) is 2.08. The van der Waals surface area contributed by atoms with E-state index in [2.05, 4.69) is 13.8 Å². The van der Waals surface area contributed by atoms with E-state index < -0.39 is 0 Å². The molecule has 1 aliphatic carbocycles. The molecule has 1 fully saturated rings. The zero-order valence-corrected chi connectivity index (χ0v) is 10.0. The van der Waals surface area contributed by atoms with E-state index in [1.807, 2.05) is 0 Å². The summed E-state index contributed by atoms with van der Waals surface area (Å²) in [5.74, 6) is 0.754. The quantitative estimate of drug-likeness (QED) is 0.671. The molecule has 1 saturated carbocycles. The van der Waals surface area contributed by atoms with Crippen LogP contribution in [-0.4, -0.2) is 18.4 Å². The summed E-state index contributed by atoms with van der Waals surface area (Å²) in [4.78, 5) is 21.9. The fourth-order valence-electron chi connectivity index (χ4n) is 2.54. The lowest BCUT2D eigenvalue weighted by Gasteiger charge is -2.51. The van der Waals surface area contributed by atoms with E-state index in [0.29, 0.717) is 12.5 Å². The zero-order chi connectivity index (χ0) is 11.6. The van der Waals surface area contributed by atoms with Crippen LogP contribution in [0.2, 0.25) is 0 Å². The number of hydrogen-bond donors (Lipinski definition) is 0. The summed E-state index contributed by atoms with van der Waals surface area (Å²) in [6.45, 7) is 7.81. The van der Waals surface area contributed by atoms with Crippen LogP contribution in [0, 0.1) is 17.3 Å². The highest BCUT2D eigenvalue weighted by Gasteiger charge is 2.49. The van der Waals surface area contributed by atoms with Crippen molar-refractivity contribution in [3.63, 3.8) is 0 Å². The molecule has 0 bridgehead atoms. The third-order valence-electron chi connectivity index (χ3n) is 3.73. The van der Waals surface area contributed by atoms with Gasteiger partial charge in [0.15, 0.2) is 0 Å². The molecule has 0 aromatic carbocycles. The topological polar surface area (TPSA) is 43.4 Å². The highest BCUT2D eigenvalue weighted by molar-refractivity contribution is 5.80. The number of carbonyl (C=O) groups is 2. The second-order valence-corrected chi connectivity index (χ2v) is 5.05. The summed E-state index contributed by atoms with van der Waals surface area (Å²) in [7, 11) is 0.